The molecule has 0 saturated carbocycles. The number of amides is 2. The van der Waals surface area contributed by atoms with Crippen molar-refractivity contribution in [2.45, 2.75) is 25.3 Å². The van der Waals surface area contributed by atoms with Crippen molar-refractivity contribution in [2.24, 2.45) is 0 Å². The van der Waals surface area contributed by atoms with Crippen molar-refractivity contribution in [3.05, 3.63) is 89.2 Å². The van der Waals surface area contributed by atoms with Crippen LogP contribution in [0.3, 0.4) is 0 Å². The summed E-state index contributed by atoms with van der Waals surface area (Å²) in [6, 6.07) is 17.0. The molecular formula is C22H19FN2O3S. The number of rotatable bonds is 3. The molecule has 0 N–H and O–H groups in total. The highest BCUT2D eigenvalue weighted by Gasteiger charge is 2.43. The smallest absolute Gasteiger partial charge is 0.287 e. The third kappa shape index (κ3) is 3.17. The molecule has 0 spiro atoms. The molecule has 2 amide bonds. The first kappa shape index (κ1) is 19.1. The molecule has 0 fully saturated rings. The molecule has 1 aliphatic heterocycles. The zero-order chi connectivity index (χ0) is 20.8. The number of benzene rings is 3. The Labute approximate surface area is 169 Å². The molecule has 0 aromatic heterocycles. The van der Waals surface area contributed by atoms with E-state index in [4.69, 9.17) is 0 Å². The monoisotopic (exact) mass is 410 g/mol. The van der Waals surface area contributed by atoms with Crippen LogP contribution in [-0.2, 0) is 16.6 Å². The van der Waals surface area contributed by atoms with Gasteiger partial charge < -0.3 is 0 Å². The fourth-order valence-corrected chi connectivity index (χ4v) is 5.08. The number of halogens is 1. The molecule has 0 saturated heterocycles. The number of anilines is 2. The second-order valence-electron chi connectivity index (χ2n) is 6.99. The van der Waals surface area contributed by atoms with Crippen LogP contribution in [0, 0.1) is 19.7 Å². The summed E-state index contributed by atoms with van der Waals surface area (Å²) in [4.78, 5) is 14.7. The van der Waals surface area contributed by atoms with Gasteiger partial charge in [-0.2, -0.15) is 4.31 Å². The SMILES string of the molecule is Cc1ccc(C)c(N2C(=O)N(Cc3ccccc3F)c3ccccc3S2(=O)=O)c1. The number of sulfonamides is 1. The predicted octanol–water partition coefficient (Wildman–Crippen LogP) is 4.78. The van der Waals surface area contributed by atoms with E-state index >= 15 is 0 Å². The molecular weight excluding hydrogens is 391 g/mol. The maximum Gasteiger partial charge on any atom is 0.343 e. The average molecular weight is 410 g/mol. The quantitative estimate of drug-likeness (QED) is 0.625. The van der Waals surface area contributed by atoms with Crippen molar-refractivity contribution in [3.63, 3.8) is 0 Å². The van der Waals surface area contributed by atoms with Crippen LogP contribution < -0.4 is 9.21 Å². The molecule has 5 nitrogen and oxygen atoms in total. The van der Waals surface area contributed by atoms with Crippen LogP contribution in [0.1, 0.15) is 16.7 Å². The number of para-hydroxylation sites is 1. The number of hydrogen-bond donors (Lipinski definition) is 0. The predicted molar refractivity (Wildman–Crippen MR) is 110 cm³/mol. The minimum atomic E-state index is -4.11. The van der Waals surface area contributed by atoms with Crippen molar-refractivity contribution in [2.75, 3.05) is 9.21 Å². The summed E-state index contributed by atoms with van der Waals surface area (Å²) in [6.45, 7) is 3.49. The standard InChI is InChI=1S/C22H19FN2O3S/c1-15-11-12-16(2)20(13-15)25-22(26)24(14-17-7-3-4-8-18(17)23)19-9-5-6-10-21(19)29(25,27)28/h3-13H,14H2,1-2H3. The maximum absolute atomic E-state index is 14.3. The Hall–Kier alpha value is -3.19. The summed E-state index contributed by atoms with van der Waals surface area (Å²) in [5.74, 6) is -0.454. The summed E-state index contributed by atoms with van der Waals surface area (Å²) in [5, 5.41) is 0. The van der Waals surface area contributed by atoms with Gasteiger partial charge in [-0.1, -0.05) is 42.5 Å². The van der Waals surface area contributed by atoms with Gasteiger partial charge in [0, 0.05) is 5.56 Å². The van der Waals surface area contributed by atoms with Gasteiger partial charge in [-0.15, -0.1) is 0 Å². The van der Waals surface area contributed by atoms with Crippen LogP contribution in [0.2, 0.25) is 0 Å². The van der Waals surface area contributed by atoms with E-state index in [0.29, 0.717) is 16.8 Å². The minimum Gasteiger partial charge on any atom is -0.287 e. The molecule has 29 heavy (non-hydrogen) atoms. The van der Waals surface area contributed by atoms with Crippen molar-refractivity contribution in [3.8, 4) is 0 Å². The van der Waals surface area contributed by atoms with Crippen LogP contribution in [-0.4, -0.2) is 14.4 Å². The largest absolute Gasteiger partial charge is 0.343 e. The molecule has 0 radical (unpaired) electrons. The summed E-state index contributed by atoms with van der Waals surface area (Å²) in [5.41, 5.74) is 2.31. The second kappa shape index (κ2) is 7.00. The fourth-order valence-electron chi connectivity index (χ4n) is 3.43. The van der Waals surface area contributed by atoms with Gasteiger partial charge in [0.05, 0.1) is 17.9 Å². The van der Waals surface area contributed by atoms with Gasteiger partial charge in [0.2, 0.25) is 0 Å². The zero-order valence-electron chi connectivity index (χ0n) is 16.0. The molecule has 3 aromatic rings. The van der Waals surface area contributed by atoms with Gasteiger partial charge >= 0.3 is 6.03 Å². The third-order valence-corrected chi connectivity index (χ3v) is 6.68. The van der Waals surface area contributed by atoms with Gasteiger partial charge in [0.15, 0.2) is 0 Å². The molecule has 1 heterocycles. The Kier molecular flexibility index (Phi) is 4.62. The number of urea groups is 1. The van der Waals surface area contributed by atoms with Crippen LogP contribution in [0.25, 0.3) is 0 Å². The molecule has 4 rings (SSSR count). The number of carbonyl (C=O) groups excluding carboxylic acids is 1. The van der Waals surface area contributed by atoms with E-state index in [1.165, 1.54) is 17.0 Å². The number of nitrogens with zero attached hydrogens (tertiary/aromatic N) is 2. The van der Waals surface area contributed by atoms with Gasteiger partial charge in [-0.25, -0.2) is 17.6 Å². The zero-order valence-corrected chi connectivity index (χ0v) is 16.8. The molecule has 3 aromatic carbocycles. The highest BCUT2D eigenvalue weighted by molar-refractivity contribution is 7.94. The van der Waals surface area contributed by atoms with Gasteiger partial charge in [0.1, 0.15) is 10.7 Å². The lowest BCUT2D eigenvalue weighted by Crippen LogP contribution is -2.51. The highest BCUT2D eigenvalue weighted by atomic mass is 32.2. The fraction of sp³-hybridized carbons (Fsp3) is 0.136. The van der Waals surface area contributed by atoms with E-state index < -0.39 is 21.9 Å². The van der Waals surface area contributed by atoms with E-state index in [1.54, 1.807) is 55.5 Å². The Bertz CT molecular complexity index is 1220. The first-order valence-corrected chi connectivity index (χ1v) is 10.5. The summed E-state index contributed by atoms with van der Waals surface area (Å²) in [6.07, 6.45) is 0. The number of hydrogen-bond acceptors (Lipinski definition) is 3. The van der Waals surface area contributed by atoms with E-state index in [2.05, 4.69) is 0 Å². The molecule has 0 bridgehead atoms. The number of carbonyl (C=O) groups is 1. The van der Waals surface area contributed by atoms with Gasteiger partial charge in [0.25, 0.3) is 10.0 Å². The van der Waals surface area contributed by atoms with E-state index in [1.807, 2.05) is 13.0 Å². The molecule has 148 valence electrons. The molecule has 0 aliphatic carbocycles. The van der Waals surface area contributed by atoms with Gasteiger partial charge in [-0.3, -0.25) is 4.90 Å². The van der Waals surface area contributed by atoms with E-state index in [9.17, 15) is 17.6 Å². The summed E-state index contributed by atoms with van der Waals surface area (Å²) >= 11 is 0. The lowest BCUT2D eigenvalue weighted by Gasteiger charge is -2.37. The van der Waals surface area contributed by atoms with E-state index in [0.717, 1.165) is 9.87 Å². The highest BCUT2D eigenvalue weighted by Crippen LogP contribution is 2.39. The van der Waals surface area contributed by atoms with Crippen LogP contribution in [0.5, 0.6) is 0 Å². The lowest BCUT2D eigenvalue weighted by atomic mass is 10.1. The van der Waals surface area contributed by atoms with Crippen molar-refractivity contribution in [1.82, 2.24) is 0 Å². The Morgan fingerprint density at radius 2 is 1.59 bits per heavy atom. The molecule has 1 aliphatic rings. The third-order valence-electron chi connectivity index (χ3n) is 4.95. The van der Waals surface area contributed by atoms with Crippen molar-refractivity contribution >= 4 is 27.4 Å². The second-order valence-corrected chi connectivity index (χ2v) is 8.74. The first-order valence-electron chi connectivity index (χ1n) is 9.07. The van der Waals surface area contributed by atoms with E-state index in [-0.39, 0.29) is 17.1 Å². The van der Waals surface area contributed by atoms with Crippen molar-refractivity contribution < 1.29 is 17.6 Å². The van der Waals surface area contributed by atoms with Crippen LogP contribution >= 0.6 is 0 Å². The Morgan fingerprint density at radius 3 is 2.34 bits per heavy atom. The topological polar surface area (TPSA) is 57.7 Å². The summed E-state index contributed by atoms with van der Waals surface area (Å²) in [7, 11) is -4.11. The van der Waals surface area contributed by atoms with Crippen molar-refractivity contribution in [1.29, 1.82) is 0 Å². The molecule has 0 atom stereocenters. The molecule has 7 heteroatoms. The number of aryl methyl sites for hydroxylation is 2. The van der Waals surface area contributed by atoms with Crippen LogP contribution in [0.4, 0.5) is 20.6 Å². The van der Waals surface area contributed by atoms with Gasteiger partial charge in [-0.05, 0) is 49.2 Å². The minimum absolute atomic E-state index is 0.0110. The lowest BCUT2D eigenvalue weighted by molar-refractivity contribution is 0.253. The Morgan fingerprint density at radius 1 is 0.897 bits per heavy atom. The van der Waals surface area contributed by atoms with Crippen LogP contribution in [0.15, 0.2) is 71.6 Å². The Balaban J connectivity index is 1.92. The molecule has 0 unspecified atom stereocenters. The maximum atomic E-state index is 14.3. The normalized spacial score (nSPS) is 15.3. The summed E-state index contributed by atoms with van der Waals surface area (Å²) < 4.78 is 41.8. The average Bonchev–Trinajstić information content (AvgIpc) is 2.69. The number of fused-ring (bicyclic) bond motifs is 1. The first-order chi connectivity index (χ1) is 13.8.